The maximum absolute atomic E-state index is 13.5. The molecule has 1 amide bonds. The van der Waals surface area contributed by atoms with Crippen molar-refractivity contribution >= 4 is 34.4 Å². The molecule has 0 saturated heterocycles. The lowest BCUT2D eigenvalue weighted by molar-refractivity contribution is -0.121. The third kappa shape index (κ3) is 5.30. The number of nitrogens with zero attached hydrogens (tertiary/aromatic N) is 3. The summed E-state index contributed by atoms with van der Waals surface area (Å²) in [6.45, 7) is 0.130. The van der Waals surface area contributed by atoms with Crippen molar-refractivity contribution in [3.63, 3.8) is 0 Å². The van der Waals surface area contributed by atoms with Crippen molar-refractivity contribution in [2.24, 2.45) is 0 Å². The number of anilines is 1. The molecule has 208 valence electrons. The first-order chi connectivity index (χ1) is 20.5. The zero-order valence-corrected chi connectivity index (χ0v) is 22.9. The van der Waals surface area contributed by atoms with Gasteiger partial charge in [-0.15, -0.1) is 0 Å². The Hall–Kier alpha value is -5.50. The highest BCUT2D eigenvalue weighted by molar-refractivity contribution is 6.07. The summed E-state index contributed by atoms with van der Waals surface area (Å²) in [5.41, 5.74) is 3.22. The second kappa shape index (κ2) is 11.5. The first kappa shape index (κ1) is 26.7. The molecule has 2 heterocycles. The summed E-state index contributed by atoms with van der Waals surface area (Å²) >= 11 is 0. The number of aromatic nitrogens is 2. The van der Waals surface area contributed by atoms with Crippen molar-refractivity contribution in [1.29, 1.82) is 0 Å². The first-order valence-electron chi connectivity index (χ1n) is 13.5. The number of Topliss-reactive ketones (excluding diaryl/α,β-unsaturated/α-hetero) is 1. The normalized spacial score (nSPS) is 12.8. The summed E-state index contributed by atoms with van der Waals surface area (Å²) in [5, 5.41) is 0.543. The molecule has 5 aromatic rings. The van der Waals surface area contributed by atoms with Crippen LogP contribution in [0.25, 0.3) is 28.4 Å². The maximum atomic E-state index is 13.5. The predicted octanol–water partition coefficient (Wildman–Crippen LogP) is 5.39. The molecule has 4 aromatic carbocycles. The van der Waals surface area contributed by atoms with Gasteiger partial charge in [0.25, 0.3) is 11.5 Å². The molecule has 0 fully saturated rings. The Morgan fingerprint density at radius 3 is 2.57 bits per heavy atom. The van der Waals surface area contributed by atoms with E-state index in [1.807, 2.05) is 72.8 Å². The summed E-state index contributed by atoms with van der Waals surface area (Å²) in [6, 6.07) is 29.1. The Balaban J connectivity index is 1.22. The van der Waals surface area contributed by atoms with Crippen molar-refractivity contribution in [3.05, 3.63) is 125 Å². The van der Waals surface area contributed by atoms with E-state index in [0.29, 0.717) is 46.0 Å². The molecule has 42 heavy (non-hydrogen) atoms. The smallest absolute Gasteiger partial charge is 0.265 e. The Morgan fingerprint density at radius 1 is 0.952 bits per heavy atom. The SMILES string of the molecule is COc1cccc(-c2nc3ccccc3c(=O)n2C/C=C/c2ccc(C(=O)CN3C(=O)COc4ccccc43)cc2)c1. The van der Waals surface area contributed by atoms with E-state index in [1.165, 1.54) is 4.90 Å². The number of allylic oxidation sites excluding steroid dienone is 1. The van der Waals surface area contributed by atoms with Gasteiger partial charge in [0.05, 0.1) is 30.2 Å². The summed E-state index contributed by atoms with van der Waals surface area (Å²) in [6.07, 6.45) is 3.79. The number of amides is 1. The van der Waals surface area contributed by atoms with Gasteiger partial charge in [-0.25, -0.2) is 4.98 Å². The molecule has 1 aliphatic heterocycles. The number of methoxy groups -OCH3 is 1. The van der Waals surface area contributed by atoms with Crippen LogP contribution in [0.3, 0.4) is 0 Å². The van der Waals surface area contributed by atoms with Crippen LogP contribution in [0.2, 0.25) is 0 Å². The second-order valence-electron chi connectivity index (χ2n) is 9.78. The number of hydrogen-bond donors (Lipinski definition) is 0. The van der Waals surface area contributed by atoms with Crippen molar-refractivity contribution < 1.29 is 19.1 Å². The topological polar surface area (TPSA) is 90.7 Å². The second-order valence-corrected chi connectivity index (χ2v) is 9.78. The van der Waals surface area contributed by atoms with E-state index in [2.05, 4.69) is 0 Å². The molecular formula is C34H27N3O5. The number of rotatable bonds is 8. The first-order valence-corrected chi connectivity index (χ1v) is 13.5. The Morgan fingerprint density at radius 2 is 1.74 bits per heavy atom. The standard InChI is InChI=1S/C34H27N3O5/c1-41-26-10-6-9-25(20-26)33-35-28-12-3-2-11-27(28)34(40)36(33)19-7-8-23-15-17-24(18-16-23)30(38)21-37-29-13-4-5-14-31(29)42-22-32(37)39/h2-18,20H,19,21-22H2,1H3/b8-7+. The van der Waals surface area contributed by atoms with E-state index in [9.17, 15) is 14.4 Å². The number of carbonyl (C=O) groups excluding carboxylic acids is 2. The summed E-state index contributed by atoms with van der Waals surface area (Å²) in [5.74, 6) is 1.37. The van der Waals surface area contributed by atoms with E-state index in [0.717, 1.165) is 11.1 Å². The van der Waals surface area contributed by atoms with Crippen LogP contribution in [-0.2, 0) is 11.3 Å². The number of hydrogen-bond acceptors (Lipinski definition) is 6. The molecule has 0 unspecified atom stereocenters. The third-order valence-electron chi connectivity index (χ3n) is 7.13. The van der Waals surface area contributed by atoms with Crippen molar-refractivity contribution in [1.82, 2.24) is 9.55 Å². The Labute approximate surface area is 242 Å². The number of fused-ring (bicyclic) bond motifs is 2. The Bertz CT molecular complexity index is 1890. The molecule has 0 radical (unpaired) electrons. The van der Waals surface area contributed by atoms with Gasteiger partial charge in [-0.3, -0.25) is 23.9 Å². The number of ketones is 1. The molecular weight excluding hydrogens is 530 g/mol. The molecule has 0 aliphatic carbocycles. The van der Waals surface area contributed by atoms with Crippen LogP contribution in [-0.4, -0.2) is 41.5 Å². The molecule has 0 N–H and O–H groups in total. The molecule has 0 saturated carbocycles. The lowest BCUT2D eigenvalue weighted by Gasteiger charge is -2.28. The van der Waals surface area contributed by atoms with Crippen LogP contribution in [0, 0.1) is 0 Å². The average molecular weight is 558 g/mol. The fraction of sp³-hybridized carbons (Fsp3) is 0.118. The average Bonchev–Trinajstić information content (AvgIpc) is 3.03. The maximum Gasteiger partial charge on any atom is 0.265 e. The quantitative estimate of drug-likeness (QED) is 0.238. The molecule has 6 rings (SSSR count). The van der Waals surface area contributed by atoms with Crippen LogP contribution in [0.1, 0.15) is 15.9 Å². The molecule has 1 aliphatic rings. The minimum Gasteiger partial charge on any atom is -0.497 e. The van der Waals surface area contributed by atoms with Crippen molar-refractivity contribution in [3.8, 4) is 22.9 Å². The van der Waals surface area contributed by atoms with Gasteiger partial charge >= 0.3 is 0 Å². The molecule has 0 atom stereocenters. The lowest BCUT2D eigenvalue weighted by atomic mass is 10.1. The van der Waals surface area contributed by atoms with Gasteiger partial charge in [0.15, 0.2) is 12.4 Å². The molecule has 0 bridgehead atoms. The summed E-state index contributed by atoms with van der Waals surface area (Å²) < 4.78 is 12.5. The monoisotopic (exact) mass is 557 g/mol. The zero-order valence-electron chi connectivity index (χ0n) is 22.9. The minimum atomic E-state index is -0.256. The molecule has 0 spiro atoms. The molecule has 8 nitrogen and oxygen atoms in total. The Kier molecular flexibility index (Phi) is 7.34. The third-order valence-corrected chi connectivity index (χ3v) is 7.13. The minimum absolute atomic E-state index is 0.0701. The van der Waals surface area contributed by atoms with Crippen LogP contribution < -0.4 is 19.9 Å². The zero-order chi connectivity index (χ0) is 29.1. The van der Waals surface area contributed by atoms with Crippen LogP contribution >= 0.6 is 0 Å². The number of para-hydroxylation sites is 3. The highest BCUT2D eigenvalue weighted by atomic mass is 16.5. The predicted molar refractivity (Wildman–Crippen MR) is 162 cm³/mol. The number of carbonyl (C=O) groups is 2. The highest BCUT2D eigenvalue weighted by Gasteiger charge is 2.27. The van der Waals surface area contributed by atoms with Crippen molar-refractivity contribution in [2.75, 3.05) is 25.2 Å². The van der Waals surface area contributed by atoms with Crippen molar-refractivity contribution in [2.45, 2.75) is 6.54 Å². The van der Waals surface area contributed by atoms with Gasteiger partial charge in [0.1, 0.15) is 17.3 Å². The van der Waals surface area contributed by atoms with Gasteiger partial charge in [-0.2, -0.15) is 0 Å². The number of ether oxygens (including phenoxy) is 2. The van der Waals surface area contributed by atoms with Gasteiger partial charge in [-0.1, -0.05) is 72.8 Å². The van der Waals surface area contributed by atoms with E-state index in [4.69, 9.17) is 14.5 Å². The summed E-state index contributed by atoms with van der Waals surface area (Å²) in [4.78, 5) is 45.3. The lowest BCUT2D eigenvalue weighted by Crippen LogP contribution is -2.41. The molecule has 8 heteroatoms. The van der Waals surface area contributed by atoms with E-state index in [-0.39, 0.29) is 30.4 Å². The largest absolute Gasteiger partial charge is 0.497 e. The van der Waals surface area contributed by atoms with Gasteiger partial charge in [0, 0.05) is 17.7 Å². The molecule has 1 aromatic heterocycles. The highest BCUT2D eigenvalue weighted by Crippen LogP contribution is 2.31. The van der Waals surface area contributed by atoms with Gasteiger partial charge in [-0.05, 0) is 42.0 Å². The van der Waals surface area contributed by atoms with Crippen LogP contribution in [0.4, 0.5) is 5.69 Å². The fourth-order valence-corrected chi connectivity index (χ4v) is 4.96. The number of benzene rings is 4. The van der Waals surface area contributed by atoms with Crippen LogP contribution in [0.15, 0.2) is 108 Å². The van der Waals surface area contributed by atoms with E-state index < -0.39 is 0 Å². The van der Waals surface area contributed by atoms with E-state index in [1.54, 1.807) is 48.1 Å². The summed E-state index contributed by atoms with van der Waals surface area (Å²) in [7, 11) is 1.60. The van der Waals surface area contributed by atoms with E-state index >= 15 is 0 Å². The van der Waals surface area contributed by atoms with Crippen LogP contribution in [0.5, 0.6) is 11.5 Å². The van der Waals surface area contributed by atoms with Gasteiger partial charge in [0.2, 0.25) is 0 Å². The fourth-order valence-electron chi connectivity index (χ4n) is 4.96. The van der Waals surface area contributed by atoms with Gasteiger partial charge < -0.3 is 9.47 Å².